The molecule has 2 amide bonds. The van der Waals surface area contributed by atoms with Gasteiger partial charge in [0.25, 0.3) is 5.91 Å². The van der Waals surface area contributed by atoms with E-state index in [-0.39, 0.29) is 19.0 Å². The fraction of sp³-hybridized carbons (Fsp3) is 0.292. The van der Waals surface area contributed by atoms with Crippen LogP contribution in [0.1, 0.15) is 27.0 Å². The van der Waals surface area contributed by atoms with E-state index in [4.69, 9.17) is 14.2 Å². The minimum Gasteiger partial charge on any atom is -0.497 e. The number of benzene rings is 1. The van der Waals surface area contributed by atoms with Crippen LogP contribution in [0.25, 0.3) is 11.2 Å². The zero-order chi connectivity index (χ0) is 25.2. The lowest BCUT2D eigenvalue weighted by atomic mass is 9.98. The lowest BCUT2D eigenvalue weighted by molar-refractivity contribution is -0.146. The van der Waals surface area contributed by atoms with E-state index >= 15 is 0 Å². The van der Waals surface area contributed by atoms with E-state index in [0.29, 0.717) is 28.0 Å². The fourth-order valence-electron chi connectivity index (χ4n) is 3.88. The molecular formula is C24H23N5O6. The van der Waals surface area contributed by atoms with E-state index in [2.05, 4.69) is 32.1 Å². The maximum atomic E-state index is 13.2. The molecule has 0 fully saturated rings. The van der Waals surface area contributed by atoms with Crippen molar-refractivity contribution in [1.82, 2.24) is 25.2 Å². The van der Waals surface area contributed by atoms with Crippen LogP contribution in [-0.4, -0.2) is 71.2 Å². The number of ether oxygens (including phenoxy) is 3. The quantitative estimate of drug-likeness (QED) is 0.417. The third-order valence-electron chi connectivity index (χ3n) is 5.78. The normalized spacial score (nSPS) is 13.9. The molecule has 11 nitrogen and oxygen atoms in total. The molecule has 0 spiro atoms. The Hall–Kier alpha value is -4.59. The number of nitrogens with zero attached hydrogens (tertiary/aromatic N) is 3. The first-order chi connectivity index (χ1) is 16.8. The van der Waals surface area contributed by atoms with Crippen molar-refractivity contribution in [3.05, 3.63) is 53.0 Å². The van der Waals surface area contributed by atoms with E-state index in [1.165, 1.54) is 31.6 Å². The van der Waals surface area contributed by atoms with Crippen molar-refractivity contribution in [3.63, 3.8) is 0 Å². The van der Waals surface area contributed by atoms with Gasteiger partial charge < -0.3 is 24.1 Å². The minimum atomic E-state index is -1.92. The van der Waals surface area contributed by atoms with E-state index in [9.17, 15) is 14.4 Å². The number of esters is 1. The van der Waals surface area contributed by atoms with Gasteiger partial charge in [0.15, 0.2) is 5.65 Å². The molecule has 3 heterocycles. The molecule has 4 rings (SSSR count). The Kier molecular flexibility index (Phi) is 6.29. The van der Waals surface area contributed by atoms with Crippen molar-refractivity contribution < 1.29 is 28.6 Å². The van der Waals surface area contributed by atoms with Gasteiger partial charge in [-0.15, -0.1) is 0 Å². The number of amides is 2. The van der Waals surface area contributed by atoms with E-state index in [1.54, 1.807) is 18.2 Å². The molecule has 3 aromatic rings. The molecule has 1 aliphatic heterocycles. The Labute approximate surface area is 200 Å². The highest BCUT2D eigenvalue weighted by Crippen LogP contribution is 2.28. The maximum Gasteiger partial charge on any atom is 0.408 e. The van der Waals surface area contributed by atoms with Gasteiger partial charge >= 0.3 is 12.1 Å². The summed E-state index contributed by atoms with van der Waals surface area (Å²) in [6.07, 6.45) is 2.13. The number of methoxy groups -OCH3 is 3. The lowest BCUT2D eigenvalue weighted by Crippen LogP contribution is -2.60. The lowest BCUT2D eigenvalue weighted by Gasteiger charge is -2.30. The van der Waals surface area contributed by atoms with Gasteiger partial charge in [-0.3, -0.25) is 10.1 Å². The van der Waals surface area contributed by atoms with Gasteiger partial charge in [0.2, 0.25) is 5.54 Å². The third-order valence-corrected chi connectivity index (χ3v) is 5.78. The second-order valence-electron chi connectivity index (χ2n) is 7.85. The summed E-state index contributed by atoms with van der Waals surface area (Å²) in [7, 11) is 3.84. The van der Waals surface area contributed by atoms with Gasteiger partial charge in [0.05, 0.1) is 39.7 Å². The molecule has 35 heavy (non-hydrogen) atoms. The maximum absolute atomic E-state index is 13.2. The van der Waals surface area contributed by atoms with Crippen LogP contribution in [0.4, 0.5) is 4.79 Å². The second-order valence-corrected chi connectivity index (χ2v) is 7.85. The summed E-state index contributed by atoms with van der Waals surface area (Å²) in [5, 5.41) is 2.48. The molecule has 1 aromatic carbocycles. The Balaban J connectivity index is 1.76. The highest BCUT2D eigenvalue weighted by molar-refractivity contribution is 6.00. The first kappa shape index (κ1) is 23.6. The summed E-state index contributed by atoms with van der Waals surface area (Å²) >= 11 is 0. The number of imidazole rings is 1. The average molecular weight is 477 g/mol. The van der Waals surface area contributed by atoms with Crippen molar-refractivity contribution >= 4 is 29.1 Å². The second kappa shape index (κ2) is 9.34. The number of H-pyrrole nitrogens is 1. The van der Waals surface area contributed by atoms with Crippen LogP contribution in [0, 0.1) is 18.8 Å². The molecule has 1 atom stereocenters. The predicted molar refractivity (Wildman–Crippen MR) is 124 cm³/mol. The SMILES string of the molecule is COC(=O)N[C@](C#Cc1cnc2nc[nH]c2c1C)(CN1Cc2ccc(OC)cc2C1=O)C(=O)OC. The fourth-order valence-corrected chi connectivity index (χ4v) is 3.88. The molecule has 0 unspecified atom stereocenters. The largest absolute Gasteiger partial charge is 0.497 e. The van der Waals surface area contributed by atoms with Gasteiger partial charge in [0, 0.05) is 23.9 Å². The number of rotatable bonds is 5. The number of aromatic amines is 1. The molecule has 2 N–H and O–H groups in total. The summed E-state index contributed by atoms with van der Waals surface area (Å²) in [6, 6.07) is 5.16. The van der Waals surface area contributed by atoms with Gasteiger partial charge in [-0.1, -0.05) is 17.9 Å². The molecule has 0 saturated heterocycles. The van der Waals surface area contributed by atoms with E-state index in [1.807, 2.05) is 6.92 Å². The third kappa shape index (κ3) is 4.33. The van der Waals surface area contributed by atoms with Crippen molar-refractivity contribution in [1.29, 1.82) is 0 Å². The Morgan fingerprint density at radius 3 is 2.74 bits per heavy atom. The molecule has 1 aliphatic rings. The van der Waals surface area contributed by atoms with Gasteiger partial charge in [0.1, 0.15) is 5.75 Å². The van der Waals surface area contributed by atoms with Crippen molar-refractivity contribution in [2.24, 2.45) is 0 Å². The summed E-state index contributed by atoms with van der Waals surface area (Å²) in [6.45, 7) is 1.76. The van der Waals surface area contributed by atoms with Crippen LogP contribution in [-0.2, 0) is 20.8 Å². The number of hydrogen-bond acceptors (Lipinski definition) is 8. The molecule has 0 bridgehead atoms. The van der Waals surface area contributed by atoms with Crippen molar-refractivity contribution in [2.75, 3.05) is 27.9 Å². The van der Waals surface area contributed by atoms with Gasteiger partial charge in [-0.2, -0.15) is 0 Å². The standard InChI is InChI=1S/C24H23N5O6/c1-14-15(10-25-20-19(14)26-13-27-20)7-8-24(22(31)34-3,28-23(32)35-4)12-29-11-16-5-6-17(33-2)9-18(16)21(29)30/h5-6,9-10,13H,11-12H2,1-4H3,(H,28,32)(H,25,26,27)/t24-/m1/s1. The number of fused-ring (bicyclic) bond motifs is 2. The summed E-state index contributed by atoms with van der Waals surface area (Å²) in [4.78, 5) is 51.3. The summed E-state index contributed by atoms with van der Waals surface area (Å²) < 4.78 is 14.9. The minimum absolute atomic E-state index is 0.210. The topological polar surface area (TPSA) is 136 Å². The number of alkyl carbamates (subject to hydrolysis) is 1. The zero-order valence-electron chi connectivity index (χ0n) is 19.6. The molecule has 0 radical (unpaired) electrons. The van der Waals surface area contributed by atoms with Crippen molar-refractivity contribution in [2.45, 2.75) is 19.0 Å². The monoisotopic (exact) mass is 477 g/mol. The van der Waals surface area contributed by atoms with Gasteiger partial charge in [-0.25, -0.2) is 19.6 Å². The number of pyridine rings is 1. The number of aryl methyl sites for hydroxylation is 1. The first-order valence-electron chi connectivity index (χ1n) is 10.5. The summed E-state index contributed by atoms with van der Waals surface area (Å²) in [5.74, 6) is 5.09. The molecule has 11 heteroatoms. The number of carbonyl (C=O) groups excluding carboxylic acids is 3. The number of nitrogens with one attached hydrogen (secondary N) is 2. The summed E-state index contributed by atoms with van der Waals surface area (Å²) in [5.41, 5.74) is 1.76. The van der Waals surface area contributed by atoms with Crippen molar-refractivity contribution in [3.8, 4) is 17.6 Å². The van der Waals surface area contributed by atoms with E-state index in [0.717, 1.165) is 18.2 Å². The first-order valence-corrected chi connectivity index (χ1v) is 10.5. The van der Waals surface area contributed by atoms with E-state index < -0.39 is 17.6 Å². The number of carbonyl (C=O) groups is 3. The molecular weight excluding hydrogens is 454 g/mol. The highest BCUT2D eigenvalue weighted by Gasteiger charge is 2.45. The van der Waals surface area contributed by atoms with Crippen LogP contribution in [0.5, 0.6) is 5.75 Å². The van der Waals surface area contributed by atoms with Crippen LogP contribution in [0.15, 0.2) is 30.7 Å². The molecule has 180 valence electrons. The Bertz CT molecular complexity index is 1390. The average Bonchev–Trinajstić information content (AvgIpc) is 3.47. The van der Waals surface area contributed by atoms with Gasteiger partial charge in [-0.05, 0) is 30.2 Å². The van der Waals surface area contributed by atoms with Crippen LogP contribution in [0.2, 0.25) is 0 Å². The van der Waals surface area contributed by atoms with Crippen LogP contribution >= 0.6 is 0 Å². The highest BCUT2D eigenvalue weighted by atomic mass is 16.5. The zero-order valence-corrected chi connectivity index (χ0v) is 19.6. The number of aromatic nitrogens is 3. The Morgan fingerprint density at radius 1 is 1.23 bits per heavy atom. The number of hydrogen-bond donors (Lipinski definition) is 2. The smallest absolute Gasteiger partial charge is 0.408 e. The van der Waals surface area contributed by atoms with Crippen LogP contribution in [0.3, 0.4) is 0 Å². The Morgan fingerprint density at radius 2 is 2.03 bits per heavy atom. The predicted octanol–water partition coefficient (Wildman–Crippen LogP) is 1.55. The molecule has 0 aliphatic carbocycles. The molecule has 2 aromatic heterocycles. The van der Waals surface area contributed by atoms with Crippen LogP contribution < -0.4 is 10.1 Å². The molecule has 0 saturated carbocycles.